The molecule has 0 radical (unpaired) electrons. The molecule has 5 nitrogen and oxygen atoms in total. The van der Waals surface area contributed by atoms with Crippen LogP contribution >= 0.6 is 11.6 Å². The van der Waals surface area contributed by atoms with E-state index in [-0.39, 0.29) is 6.04 Å². The molecular weight excluding hydrogens is 278 g/mol. The number of nitrogens with one attached hydrogen (secondary N) is 2. The number of carbonyl (C=O) groups is 2. The number of rotatable bonds is 3. The summed E-state index contributed by atoms with van der Waals surface area (Å²) in [6, 6.07) is 7.20. The molecule has 0 bridgehead atoms. The van der Waals surface area contributed by atoms with E-state index in [4.69, 9.17) is 11.6 Å². The molecule has 0 spiro atoms. The van der Waals surface area contributed by atoms with E-state index in [9.17, 15) is 9.59 Å². The van der Waals surface area contributed by atoms with Crippen LogP contribution in [0.5, 0.6) is 0 Å². The van der Waals surface area contributed by atoms with Gasteiger partial charge in [0.05, 0.1) is 6.21 Å². The standard InChI is InChI=1S/C14H16ClN3O2/c15-12-8-4-1-5-10(12)9-16-18-14(20)13(19)17-11-6-2-3-7-11/h1,4-5,8-9,11H,2-3,6-7H2,(H,17,19)(H,18,20)/b16-9+. The molecule has 0 heterocycles. The molecule has 6 heteroatoms. The largest absolute Gasteiger partial charge is 0.345 e. The molecule has 1 aromatic rings. The van der Waals surface area contributed by atoms with Crippen molar-refractivity contribution in [3.8, 4) is 0 Å². The minimum atomic E-state index is -0.764. The normalized spacial score (nSPS) is 15.4. The summed E-state index contributed by atoms with van der Waals surface area (Å²) in [5.74, 6) is -1.41. The zero-order chi connectivity index (χ0) is 14.4. The maximum absolute atomic E-state index is 11.6. The molecule has 0 aromatic heterocycles. The zero-order valence-electron chi connectivity index (χ0n) is 10.9. The highest BCUT2D eigenvalue weighted by atomic mass is 35.5. The molecule has 0 aliphatic heterocycles. The van der Waals surface area contributed by atoms with Gasteiger partial charge in [0.1, 0.15) is 0 Å². The Kier molecular flexibility index (Phi) is 5.12. The predicted octanol–water partition coefficient (Wildman–Crippen LogP) is 1.85. The fourth-order valence-electron chi connectivity index (χ4n) is 2.11. The molecular formula is C14H16ClN3O2. The second kappa shape index (κ2) is 7.05. The lowest BCUT2D eigenvalue weighted by atomic mass is 10.2. The number of hydrazone groups is 1. The van der Waals surface area contributed by atoms with Crippen molar-refractivity contribution < 1.29 is 9.59 Å². The lowest BCUT2D eigenvalue weighted by Crippen LogP contribution is -2.42. The average Bonchev–Trinajstić information content (AvgIpc) is 2.93. The van der Waals surface area contributed by atoms with Crippen molar-refractivity contribution in [2.24, 2.45) is 5.10 Å². The van der Waals surface area contributed by atoms with E-state index < -0.39 is 11.8 Å². The summed E-state index contributed by atoms with van der Waals surface area (Å²) in [6.07, 6.45) is 5.46. The highest BCUT2D eigenvalue weighted by Gasteiger charge is 2.20. The molecule has 0 saturated heterocycles. The van der Waals surface area contributed by atoms with Gasteiger partial charge < -0.3 is 5.32 Å². The molecule has 1 aliphatic rings. The van der Waals surface area contributed by atoms with Crippen LogP contribution in [0.25, 0.3) is 0 Å². The maximum Gasteiger partial charge on any atom is 0.329 e. The van der Waals surface area contributed by atoms with Crippen molar-refractivity contribution in [1.82, 2.24) is 10.7 Å². The number of amides is 2. The van der Waals surface area contributed by atoms with Gasteiger partial charge in [-0.3, -0.25) is 9.59 Å². The van der Waals surface area contributed by atoms with Gasteiger partial charge in [0, 0.05) is 16.6 Å². The Bertz CT molecular complexity index is 525. The summed E-state index contributed by atoms with van der Waals surface area (Å²) >= 11 is 5.93. The average molecular weight is 294 g/mol. The first-order chi connectivity index (χ1) is 9.66. The number of nitrogens with zero attached hydrogens (tertiary/aromatic N) is 1. The third-order valence-electron chi connectivity index (χ3n) is 3.17. The molecule has 106 valence electrons. The van der Waals surface area contributed by atoms with Crippen LogP contribution in [0.15, 0.2) is 29.4 Å². The number of benzene rings is 1. The smallest absolute Gasteiger partial charge is 0.329 e. The Hall–Kier alpha value is -1.88. The van der Waals surface area contributed by atoms with Crippen LogP contribution in [-0.4, -0.2) is 24.1 Å². The Balaban J connectivity index is 1.82. The lowest BCUT2D eigenvalue weighted by Gasteiger charge is -2.10. The number of carbonyl (C=O) groups excluding carboxylic acids is 2. The van der Waals surface area contributed by atoms with Gasteiger partial charge >= 0.3 is 11.8 Å². The SMILES string of the molecule is O=C(N/N=C/c1ccccc1Cl)C(=O)NC1CCCC1. The molecule has 1 aromatic carbocycles. The first kappa shape index (κ1) is 14.5. The van der Waals surface area contributed by atoms with Crippen LogP contribution < -0.4 is 10.7 Å². The molecule has 1 aliphatic carbocycles. The third kappa shape index (κ3) is 4.06. The van der Waals surface area contributed by atoms with Crippen molar-refractivity contribution in [3.63, 3.8) is 0 Å². The molecule has 2 amide bonds. The molecule has 1 fully saturated rings. The maximum atomic E-state index is 11.6. The van der Waals surface area contributed by atoms with E-state index in [0.717, 1.165) is 25.7 Å². The van der Waals surface area contributed by atoms with Crippen molar-refractivity contribution in [1.29, 1.82) is 0 Å². The summed E-state index contributed by atoms with van der Waals surface area (Å²) in [6.45, 7) is 0. The summed E-state index contributed by atoms with van der Waals surface area (Å²) in [5, 5.41) is 6.94. The van der Waals surface area contributed by atoms with Crippen molar-refractivity contribution in [2.75, 3.05) is 0 Å². The van der Waals surface area contributed by atoms with Gasteiger partial charge in [-0.1, -0.05) is 42.6 Å². The summed E-state index contributed by atoms with van der Waals surface area (Å²) in [4.78, 5) is 23.1. The summed E-state index contributed by atoms with van der Waals surface area (Å²) < 4.78 is 0. The van der Waals surface area contributed by atoms with Crippen molar-refractivity contribution >= 4 is 29.6 Å². The molecule has 20 heavy (non-hydrogen) atoms. The minimum absolute atomic E-state index is 0.112. The van der Waals surface area contributed by atoms with E-state index in [2.05, 4.69) is 15.8 Å². The van der Waals surface area contributed by atoms with E-state index >= 15 is 0 Å². The number of hydrogen-bond donors (Lipinski definition) is 2. The van der Waals surface area contributed by atoms with E-state index in [1.165, 1.54) is 6.21 Å². The Morgan fingerprint density at radius 1 is 1.20 bits per heavy atom. The van der Waals surface area contributed by atoms with Gasteiger partial charge in [0.15, 0.2) is 0 Å². The van der Waals surface area contributed by atoms with E-state index in [1.54, 1.807) is 18.2 Å². The van der Waals surface area contributed by atoms with E-state index in [0.29, 0.717) is 10.6 Å². The third-order valence-corrected chi connectivity index (χ3v) is 3.52. The summed E-state index contributed by atoms with van der Waals surface area (Å²) in [5.41, 5.74) is 2.86. The van der Waals surface area contributed by atoms with Crippen LogP contribution in [0.4, 0.5) is 0 Å². The van der Waals surface area contributed by atoms with Gasteiger partial charge in [0.2, 0.25) is 0 Å². The topological polar surface area (TPSA) is 70.6 Å². The molecule has 0 atom stereocenters. The monoisotopic (exact) mass is 293 g/mol. The highest BCUT2D eigenvalue weighted by Crippen LogP contribution is 2.17. The van der Waals surface area contributed by atoms with Crippen LogP contribution in [0.1, 0.15) is 31.2 Å². The van der Waals surface area contributed by atoms with Gasteiger partial charge in [-0.2, -0.15) is 5.10 Å². The second-order valence-corrected chi connectivity index (χ2v) is 5.08. The van der Waals surface area contributed by atoms with Crippen molar-refractivity contribution in [3.05, 3.63) is 34.9 Å². The first-order valence-electron chi connectivity index (χ1n) is 6.55. The highest BCUT2D eigenvalue weighted by molar-refractivity contribution is 6.35. The Morgan fingerprint density at radius 2 is 1.90 bits per heavy atom. The summed E-state index contributed by atoms with van der Waals surface area (Å²) in [7, 11) is 0. The molecule has 2 rings (SSSR count). The fourth-order valence-corrected chi connectivity index (χ4v) is 2.30. The van der Waals surface area contributed by atoms with Crippen LogP contribution in [0.2, 0.25) is 5.02 Å². The second-order valence-electron chi connectivity index (χ2n) is 4.68. The fraction of sp³-hybridized carbons (Fsp3) is 0.357. The van der Waals surface area contributed by atoms with E-state index in [1.807, 2.05) is 6.07 Å². The number of halogens is 1. The van der Waals surface area contributed by atoms with Gasteiger partial charge in [-0.25, -0.2) is 5.43 Å². The first-order valence-corrected chi connectivity index (χ1v) is 6.93. The van der Waals surface area contributed by atoms with Gasteiger partial charge in [-0.05, 0) is 18.9 Å². The molecule has 0 unspecified atom stereocenters. The lowest BCUT2D eigenvalue weighted by molar-refractivity contribution is -0.139. The van der Waals surface area contributed by atoms with Crippen LogP contribution in [-0.2, 0) is 9.59 Å². The van der Waals surface area contributed by atoms with Gasteiger partial charge in [0.25, 0.3) is 0 Å². The van der Waals surface area contributed by atoms with Gasteiger partial charge in [-0.15, -0.1) is 0 Å². The van der Waals surface area contributed by atoms with Crippen LogP contribution in [0.3, 0.4) is 0 Å². The Morgan fingerprint density at radius 3 is 2.60 bits per heavy atom. The Labute approximate surface area is 122 Å². The molecule has 1 saturated carbocycles. The van der Waals surface area contributed by atoms with Crippen molar-refractivity contribution in [2.45, 2.75) is 31.7 Å². The number of hydrogen-bond acceptors (Lipinski definition) is 3. The molecule has 2 N–H and O–H groups in total. The minimum Gasteiger partial charge on any atom is -0.345 e. The zero-order valence-corrected chi connectivity index (χ0v) is 11.7. The quantitative estimate of drug-likeness (QED) is 0.507. The predicted molar refractivity (Wildman–Crippen MR) is 77.6 cm³/mol. The van der Waals surface area contributed by atoms with Crippen LogP contribution in [0, 0.1) is 0 Å².